The molecule has 0 unspecified atom stereocenters. The molecule has 1 aliphatic rings. The van der Waals surface area contributed by atoms with Gasteiger partial charge in [-0.15, -0.1) is 0 Å². The van der Waals surface area contributed by atoms with Crippen molar-refractivity contribution in [3.05, 3.63) is 33.9 Å². The molecule has 0 atom stereocenters. The van der Waals surface area contributed by atoms with Crippen LogP contribution in [0.4, 0.5) is 0 Å². The van der Waals surface area contributed by atoms with Crippen LogP contribution in [-0.4, -0.2) is 16.8 Å². The number of nitriles is 1. The largest absolute Gasteiger partial charge is 0.375 e. The van der Waals surface area contributed by atoms with E-state index in [0.29, 0.717) is 6.04 Å². The normalized spacial score (nSPS) is 24.2. The molecule has 3 nitrogen and oxygen atoms in total. The smallest absolute Gasteiger partial charge is 0.0994 e. The third kappa shape index (κ3) is 3.25. The fraction of sp³-hybridized carbons (Fsp3) is 0.550. The van der Waals surface area contributed by atoms with Crippen LogP contribution in [0.5, 0.6) is 0 Å². The monoisotopic (exact) mass is 388 g/mol. The predicted octanol–water partition coefficient (Wildman–Crippen LogP) is 5.88. The molecule has 1 saturated carbocycles. The summed E-state index contributed by atoms with van der Waals surface area (Å²) in [7, 11) is 0. The molecule has 1 aliphatic carbocycles. The van der Waals surface area contributed by atoms with Gasteiger partial charge in [-0.2, -0.15) is 5.26 Å². The molecule has 128 valence electrons. The highest BCUT2D eigenvalue weighted by Gasteiger charge is 2.32. The van der Waals surface area contributed by atoms with Crippen LogP contribution < -0.4 is 0 Å². The summed E-state index contributed by atoms with van der Waals surface area (Å²) in [5, 5.41) is 10.4. The average molecular weight is 389 g/mol. The molecule has 0 bridgehead atoms. The summed E-state index contributed by atoms with van der Waals surface area (Å²) in [6, 6.07) is 6.95. The van der Waals surface area contributed by atoms with Crippen LogP contribution in [0.2, 0.25) is 0 Å². The summed E-state index contributed by atoms with van der Waals surface area (Å²) in [5.74, 6) is 0. The molecule has 1 aromatic heterocycles. The zero-order chi connectivity index (χ0) is 17.3. The lowest BCUT2D eigenvalue weighted by Gasteiger charge is -2.38. The van der Waals surface area contributed by atoms with Crippen molar-refractivity contribution in [1.82, 2.24) is 4.57 Å². The van der Waals surface area contributed by atoms with Crippen LogP contribution in [0.15, 0.2) is 22.8 Å². The highest BCUT2D eigenvalue weighted by atomic mass is 79.9. The van der Waals surface area contributed by atoms with Gasteiger partial charge in [-0.1, -0.05) is 6.92 Å². The maximum atomic E-state index is 9.27. The van der Waals surface area contributed by atoms with Gasteiger partial charge >= 0.3 is 0 Å². The molecule has 0 aliphatic heterocycles. The molecular weight excluding hydrogens is 364 g/mol. The average Bonchev–Trinajstić information content (AvgIpc) is 2.89. The van der Waals surface area contributed by atoms with Gasteiger partial charge in [-0.25, -0.2) is 0 Å². The van der Waals surface area contributed by atoms with E-state index in [1.165, 1.54) is 5.52 Å². The fourth-order valence-corrected chi connectivity index (χ4v) is 4.30. The first-order valence-electron chi connectivity index (χ1n) is 8.82. The second-order valence-electron chi connectivity index (χ2n) is 7.21. The first kappa shape index (κ1) is 17.5. The lowest BCUT2D eigenvalue weighted by atomic mass is 9.83. The van der Waals surface area contributed by atoms with E-state index < -0.39 is 0 Å². The molecule has 1 fully saturated rings. The molecule has 0 saturated heterocycles. The zero-order valence-corrected chi connectivity index (χ0v) is 16.3. The summed E-state index contributed by atoms with van der Waals surface area (Å²) >= 11 is 3.67. The van der Waals surface area contributed by atoms with E-state index in [-0.39, 0.29) is 5.60 Å². The minimum Gasteiger partial charge on any atom is -0.375 e. The van der Waals surface area contributed by atoms with Gasteiger partial charge in [0.05, 0.1) is 17.2 Å². The number of ether oxygens (including phenoxy) is 1. The number of rotatable bonds is 4. The molecule has 1 heterocycles. The summed E-state index contributed by atoms with van der Waals surface area (Å²) < 4.78 is 9.56. The number of benzene rings is 1. The zero-order valence-electron chi connectivity index (χ0n) is 14.7. The van der Waals surface area contributed by atoms with Crippen LogP contribution in [-0.2, 0) is 4.74 Å². The molecular formula is C20H25BrN2O. The van der Waals surface area contributed by atoms with Crippen molar-refractivity contribution in [3.8, 4) is 6.07 Å². The van der Waals surface area contributed by atoms with E-state index in [1.807, 2.05) is 13.0 Å². The second-order valence-corrected chi connectivity index (χ2v) is 8.06. The van der Waals surface area contributed by atoms with Crippen molar-refractivity contribution in [2.24, 2.45) is 0 Å². The lowest BCUT2D eigenvalue weighted by Crippen LogP contribution is -2.34. The van der Waals surface area contributed by atoms with Gasteiger partial charge in [0.25, 0.3) is 0 Å². The Morgan fingerprint density at radius 2 is 2.08 bits per heavy atom. The topological polar surface area (TPSA) is 38.0 Å². The molecule has 2 aromatic rings. The molecule has 0 radical (unpaired) electrons. The van der Waals surface area contributed by atoms with E-state index >= 15 is 0 Å². The highest BCUT2D eigenvalue weighted by Crippen LogP contribution is 2.40. The van der Waals surface area contributed by atoms with Gasteiger partial charge < -0.3 is 9.30 Å². The van der Waals surface area contributed by atoms with Crippen molar-refractivity contribution in [2.45, 2.75) is 64.5 Å². The molecule has 4 heteroatoms. The predicted molar refractivity (Wildman–Crippen MR) is 101 cm³/mol. The van der Waals surface area contributed by atoms with Crippen LogP contribution >= 0.6 is 15.9 Å². The second kappa shape index (κ2) is 6.90. The summed E-state index contributed by atoms with van der Waals surface area (Å²) in [4.78, 5) is 0. The molecule has 0 spiro atoms. The Morgan fingerprint density at radius 3 is 2.71 bits per heavy atom. The van der Waals surface area contributed by atoms with Gasteiger partial charge in [0, 0.05) is 34.2 Å². The fourth-order valence-electron chi connectivity index (χ4n) is 3.77. The van der Waals surface area contributed by atoms with E-state index in [2.05, 4.69) is 52.7 Å². The standard InChI is InChI=1S/C20H25BrN2O/c1-4-9-24-20(3)7-5-16(6-8-20)23-13-18(21)17-11-15(12-22)14(2)10-19(17)23/h10-11,13,16H,4-9H2,1-3H3. The van der Waals surface area contributed by atoms with Gasteiger partial charge in [-0.05, 0) is 79.6 Å². The highest BCUT2D eigenvalue weighted by molar-refractivity contribution is 9.10. The van der Waals surface area contributed by atoms with Crippen molar-refractivity contribution < 1.29 is 4.74 Å². The number of fused-ring (bicyclic) bond motifs is 1. The number of hydrogen-bond donors (Lipinski definition) is 0. The summed E-state index contributed by atoms with van der Waals surface area (Å²) in [5.41, 5.74) is 3.06. The van der Waals surface area contributed by atoms with Crippen molar-refractivity contribution in [3.63, 3.8) is 0 Å². The molecule has 3 rings (SSSR count). The molecule has 0 N–H and O–H groups in total. The maximum Gasteiger partial charge on any atom is 0.0994 e. The van der Waals surface area contributed by atoms with E-state index in [9.17, 15) is 5.26 Å². The third-order valence-electron chi connectivity index (χ3n) is 5.31. The maximum absolute atomic E-state index is 9.27. The van der Waals surface area contributed by atoms with Gasteiger partial charge in [0.1, 0.15) is 0 Å². The van der Waals surface area contributed by atoms with Crippen LogP contribution in [0.25, 0.3) is 10.9 Å². The van der Waals surface area contributed by atoms with Crippen molar-refractivity contribution in [1.29, 1.82) is 5.26 Å². The van der Waals surface area contributed by atoms with Crippen LogP contribution in [0.1, 0.15) is 63.1 Å². The Bertz CT molecular complexity index is 779. The van der Waals surface area contributed by atoms with Gasteiger partial charge in [0.15, 0.2) is 0 Å². The van der Waals surface area contributed by atoms with Crippen LogP contribution in [0, 0.1) is 18.3 Å². The SMILES string of the molecule is CCCOC1(C)CCC(n2cc(Br)c3cc(C#N)c(C)cc32)CC1. The van der Waals surface area contributed by atoms with Gasteiger partial charge in [-0.3, -0.25) is 0 Å². The number of nitrogens with zero attached hydrogens (tertiary/aromatic N) is 2. The quantitative estimate of drug-likeness (QED) is 0.655. The Balaban J connectivity index is 1.86. The Labute approximate surface area is 152 Å². The summed E-state index contributed by atoms with van der Waals surface area (Å²) in [6.45, 7) is 7.29. The first-order valence-corrected chi connectivity index (χ1v) is 9.61. The minimum absolute atomic E-state index is 0.0383. The van der Waals surface area contributed by atoms with Crippen molar-refractivity contribution >= 4 is 26.8 Å². The number of halogens is 1. The minimum atomic E-state index is 0.0383. The molecule has 1 aromatic carbocycles. The Hall–Kier alpha value is -1.31. The van der Waals surface area contributed by atoms with E-state index in [1.54, 1.807) is 0 Å². The summed E-state index contributed by atoms with van der Waals surface area (Å²) in [6.07, 6.45) is 7.74. The van der Waals surface area contributed by atoms with Crippen LogP contribution in [0.3, 0.4) is 0 Å². The van der Waals surface area contributed by atoms with E-state index in [0.717, 1.165) is 59.7 Å². The van der Waals surface area contributed by atoms with E-state index in [4.69, 9.17) is 4.74 Å². The number of hydrogen-bond acceptors (Lipinski definition) is 2. The first-order chi connectivity index (χ1) is 11.5. The Kier molecular flexibility index (Phi) is 5.03. The molecule has 24 heavy (non-hydrogen) atoms. The third-order valence-corrected chi connectivity index (χ3v) is 5.94. The number of aromatic nitrogens is 1. The molecule has 0 amide bonds. The van der Waals surface area contributed by atoms with Crippen molar-refractivity contribution in [2.75, 3.05) is 6.61 Å². The number of aryl methyl sites for hydroxylation is 1. The lowest BCUT2D eigenvalue weighted by molar-refractivity contribution is -0.0626. The van der Waals surface area contributed by atoms with Gasteiger partial charge in [0.2, 0.25) is 0 Å². The Morgan fingerprint density at radius 1 is 1.38 bits per heavy atom.